The van der Waals surface area contributed by atoms with Gasteiger partial charge in [-0.25, -0.2) is 14.8 Å². The van der Waals surface area contributed by atoms with E-state index < -0.39 is 5.97 Å². The van der Waals surface area contributed by atoms with Crippen LogP contribution < -0.4 is 0 Å². The molecule has 4 rings (SSSR count). The summed E-state index contributed by atoms with van der Waals surface area (Å²) in [5, 5.41) is 6.77. The summed E-state index contributed by atoms with van der Waals surface area (Å²) in [7, 11) is 1.32. The van der Waals surface area contributed by atoms with Crippen molar-refractivity contribution in [2.75, 3.05) is 13.7 Å². The highest BCUT2D eigenvalue weighted by atomic mass is 16.5. The summed E-state index contributed by atoms with van der Waals surface area (Å²) in [6.07, 6.45) is 2.19. The Bertz CT molecular complexity index is 1000. The Labute approximate surface area is 154 Å². The summed E-state index contributed by atoms with van der Waals surface area (Å²) in [5.74, 6) is -0.175. The molecule has 27 heavy (non-hydrogen) atoms. The van der Waals surface area contributed by atoms with Gasteiger partial charge in [-0.2, -0.15) is 5.10 Å². The van der Waals surface area contributed by atoms with Gasteiger partial charge in [0.1, 0.15) is 11.4 Å². The Kier molecular flexibility index (Phi) is 4.33. The minimum atomic E-state index is -0.472. The van der Waals surface area contributed by atoms with E-state index in [0.29, 0.717) is 31.0 Å². The van der Waals surface area contributed by atoms with Crippen LogP contribution in [0.4, 0.5) is 0 Å². The number of nitrogens with one attached hydrogen (secondary N) is 1. The molecule has 0 saturated carbocycles. The zero-order valence-electron chi connectivity index (χ0n) is 14.5. The van der Waals surface area contributed by atoms with Crippen LogP contribution in [0.3, 0.4) is 0 Å². The number of esters is 1. The maximum absolute atomic E-state index is 12.8. The van der Waals surface area contributed by atoms with Crippen LogP contribution in [0.5, 0.6) is 0 Å². The van der Waals surface area contributed by atoms with Crippen LogP contribution in [0.15, 0.2) is 36.5 Å². The Balaban J connectivity index is 1.51. The molecule has 1 amide bonds. The van der Waals surface area contributed by atoms with Gasteiger partial charge in [0.15, 0.2) is 5.82 Å². The van der Waals surface area contributed by atoms with Gasteiger partial charge in [-0.3, -0.25) is 14.9 Å². The second-order valence-corrected chi connectivity index (χ2v) is 5.99. The molecule has 0 radical (unpaired) electrons. The molecule has 9 nitrogen and oxygen atoms in total. The molecule has 0 fully saturated rings. The van der Waals surface area contributed by atoms with Gasteiger partial charge < -0.3 is 9.64 Å². The van der Waals surface area contributed by atoms with Crippen molar-refractivity contribution in [2.24, 2.45) is 0 Å². The number of hydrogen-bond acceptors (Lipinski definition) is 7. The smallest absolute Gasteiger partial charge is 0.356 e. The van der Waals surface area contributed by atoms with Gasteiger partial charge in [0, 0.05) is 31.4 Å². The fourth-order valence-electron chi connectivity index (χ4n) is 2.92. The number of hydrogen-bond donors (Lipinski definition) is 1. The number of nitrogens with zero attached hydrogens (tertiary/aromatic N) is 5. The number of amides is 1. The molecule has 4 heterocycles. The number of carbonyl (C=O) groups is 2. The van der Waals surface area contributed by atoms with Crippen LogP contribution in [-0.2, 0) is 17.7 Å². The number of ether oxygens (including phenoxy) is 1. The average Bonchev–Trinajstić information content (AvgIpc) is 3.22. The Morgan fingerprint density at radius 3 is 2.85 bits per heavy atom. The average molecular weight is 364 g/mol. The van der Waals surface area contributed by atoms with Crippen LogP contribution in [0.1, 0.15) is 32.4 Å². The molecule has 0 aliphatic carbocycles. The summed E-state index contributed by atoms with van der Waals surface area (Å²) in [6.45, 7) is 0.866. The van der Waals surface area contributed by atoms with Gasteiger partial charge in [0.05, 0.1) is 7.11 Å². The molecule has 0 bridgehead atoms. The highest BCUT2D eigenvalue weighted by Crippen LogP contribution is 2.20. The summed E-state index contributed by atoms with van der Waals surface area (Å²) in [6, 6.07) is 8.81. The van der Waals surface area contributed by atoms with Crippen LogP contribution in [-0.4, -0.2) is 55.6 Å². The maximum Gasteiger partial charge on any atom is 0.356 e. The molecular formula is C18H16N6O3. The van der Waals surface area contributed by atoms with E-state index >= 15 is 0 Å². The largest absolute Gasteiger partial charge is 0.464 e. The lowest BCUT2D eigenvalue weighted by Crippen LogP contribution is -2.37. The van der Waals surface area contributed by atoms with Crippen molar-refractivity contribution in [3.05, 3.63) is 59.3 Å². The third kappa shape index (κ3) is 3.26. The second kappa shape index (κ2) is 6.94. The maximum atomic E-state index is 12.8. The first-order chi connectivity index (χ1) is 13.2. The topological polar surface area (TPSA) is 114 Å². The molecule has 1 N–H and O–H groups in total. The van der Waals surface area contributed by atoms with Crippen LogP contribution >= 0.6 is 0 Å². The number of aromatic nitrogens is 5. The molecule has 1 aliphatic rings. The SMILES string of the molecule is COC(=O)c1ccc2c(n1)CCN(C(=O)c1nc(-c3ccccn3)n[nH]1)C2. The van der Waals surface area contributed by atoms with Gasteiger partial charge in [-0.05, 0) is 23.8 Å². The van der Waals surface area contributed by atoms with Crippen molar-refractivity contribution in [3.8, 4) is 11.5 Å². The molecule has 0 saturated heterocycles. The molecule has 0 atom stereocenters. The summed E-state index contributed by atoms with van der Waals surface area (Å²) < 4.78 is 4.69. The molecule has 0 aromatic carbocycles. The third-order valence-corrected chi connectivity index (χ3v) is 4.31. The third-order valence-electron chi connectivity index (χ3n) is 4.31. The van der Waals surface area contributed by atoms with E-state index in [9.17, 15) is 9.59 Å². The van der Waals surface area contributed by atoms with E-state index in [2.05, 4.69) is 25.1 Å². The van der Waals surface area contributed by atoms with Gasteiger partial charge in [-0.15, -0.1) is 0 Å². The van der Waals surface area contributed by atoms with Crippen LogP contribution in [0, 0.1) is 0 Å². The lowest BCUT2D eigenvalue weighted by molar-refractivity contribution is 0.0591. The first kappa shape index (κ1) is 16.8. The Morgan fingerprint density at radius 2 is 2.07 bits per heavy atom. The fraction of sp³-hybridized carbons (Fsp3) is 0.222. The Hall–Kier alpha value is -3.62. The Morgan fingerprint density at radius 1 is 1.19 bits per heavy atom. The molecule has 1 aliphatic heterocycles. The van der Waals surface area contributed by atoms with Crippen molar-refractivity contribution >= 4 is 11.9 Å². The van der Waals surface area contributed by atoms with Crippen molar-refractivity contribution in [3.63, 3.8) is 0 Å². The molecule has 3 aromatic rings. The highest BCUT2D eigenvalue weighted by Gasteiger charge is 2.26. The number of aromatic amines is 1. The first-order valence-corrected chi connectivity index (χ1v) is 8.36. The number of methoxy groups -OCH3 is 1. The lowest BCUT2D eigenvalue weighted by Gasteiger charge is -2.27. The standard InChI is InChI=1S/C18H16N6O3/c1-27-18(26)14-6-5-11-10-24(9-7-12(11)20-14)17(25)16-21-15(22-23-16)13-4-2-3-8-19-13/h2-6,8H,7,9-10H2,1H3,(H,21,22,23). The number of fused-ring (bicyclic) bond motifs is 1. The quantitative estimate of drug-likeness (QED) is 0.696. The van der Waals surface area contributed by atoms with Gasteiger partial charge >= 0.3 is 5.97 Å². The van der Waals surface area contributed by atoms with Crippen molar-refractivity contribution < 1.29 is 14.3 Å². The van der Waals surface area contributed by atoms with Crippen molar-refractivity contribution in [1.29, 1.82) is 0 Å². The fourth-order valence-corrected chi connectivity index (χ4v) is 2.92. The molecule has 0 unspecified atom stereocenters. The molecular weight excluding hydrogens is 348 g/mol. The van der Waals surface area contributed by atoms with E-state index in [0.717, 1.165) is 11.3 Å². The number of H-pyrrole nitrogens is 1. The molecule has 0 spiro atoms. The van der Waals surface area contributed by atoms with Crippen LogP contribution in [0.25, 0.3) is 11.5 Å². The van der Waals surface area contributed by atoms with Gasteiger partial charge in [-0.1, -0.05) is 12.1 Å². The minimum absolute atomic E-state index is 0.165. The van der Waals surface area contributed by atoms with Gasteiger partial charge in [0.2, 0.25) is 5.82 Å². The monoisotopic (exact) mass is 364 g/mol. The number of pyridine rings is 2. The van der Waals surface area contributed by atoms with E-state index in [-0.39, 0.29) is 17.4 Å². The van der Waals surface area contributed by atoms with Crippen LogP contribution in [0.2, 0.25) is 0 Å². The number of carbonyl (C=O) groups excluding carboxylic acids is 2. The summed E-state index contributed by atoms with van der Waals surface area (Å²) in [5.41, 5.74) is 2.56. The second-order valence-electron chi connectivity index (χ2n) is 5.99. The minimum Gasteiger partial charge on any atom is -0.464 e. The summed E-state index contributed by atoms with van der Waals surface area (Å²) in [4.78, 5) is 38.8. The highest BCUT2D eigenvalue weighted by molar-refractivity contribution is 5.91. The van der Waals surface area contributed by atoms with E-state index in [1.807, 2.05) is 6.07 Å². The zero-order chi connectivity index (χ0) is 18.8. The van der Waals surface area contributed by atoms with E-state index in [4.69, 9.17) is 4.74 Å². The predicted octanol–water partition coefficient (Wildman–Crippen LogP) is 1.25. The van der Waals surface area contributed by atoms with Crippen molar-refractivity contribution in [2.45, 2.75) is 13.0 Å². The van der Waals surface area contributed by atoms with E-state index in [1.165, 1.54) is 7.11 Å². The lowest BCUT2D eigenvalue weighted by atomic mass is 10.0. The molecule has 3 aromatic heterocycles. The zero-order valence-corrected chi connectivity index (χ0v) is 14.5. The van der Waals surface area contributed by atoms with E-state index in [1.54, 1.807) is 35.4 Å². The predicted molar refractivity (Wildman–Crippen MR) is 93.6 cm³/mol. The molecule has 136 valence electrons. The summed E-state index contributed by atoms with van der Waals surface area (Å²) >= 11 is 0. The first-order valence-electron chi connectivity index (χ1n) is 8.36. The molecule has 9 heteroatoms. The number of rotatable bonds is 3. The van der Waals surface area contributed by atoms with Gasteiger partial charge in [0.25, 0.3) is 5.91 Å². The van der Waals surface area contributed by atoms with Crippen molar-refractivity contribution in [1.82, 2.24) is 30.0 Å². The normalized spacial score (nSPS) is 13.1.